The van der Waals surface area contributed by atoms with Crippen LogP contribution in [-0.4, -0.2) is 42.5 Å². The molecule has 8 heteroatoms. The number of carbonyl (C=O) groups excluding carboxylic acids is 1. The Kier molecular flexibility index (Phi) is 4.31. The molecular formula is C19H16ClF3N2O2. The molecule has 2 aromatic carbocycles. The Morgan fingerprint density at radius 2 is 2.00 bits per heavy atom. The van der Waals surface area contributed by atoms with Crippen LogP contribution in [-0.2, 0) is 6.42 Å². The minimum atomic E-state index is -2.89. The Morgan fingerprint density at radius 3 is 2.63 bits per heavy atom. The monoisotopic (exact) mass is 396 g/mol. The van der Waals surface area contributed by atoms with E-state index in [1.165, 1.54) is 12.1 Å². The predicted molar refractivity (Wildman–Crippen MR) is 94.9 cm³/mol. The topological polar surface area (TPSA) is 55.6 Å². The Hall–Kier alpha value is -2.25. The fraction of sp³-hybridized carbons (Fsp3) is 0.316. The summed E-state index contributed by atoms with van der Waals surface area (Å²) in [6.07, 6.45) is 0.473. The van der Waals surface area contributed by atoms with E-state index in [-0.39, 0.29) is 11.7 Å². The molecule has 4 nitrogen and oxygen atoms in total. The van der Waals surface area contributed by atoms with Crippen molar-refractivity contribution in [3.63, 3.8) is 0 Å². The van der Waals surface area contributed by atoms with Crippen molar-refractivity contribution >= 4 is 17.5 Å². The number of halogens is 4. The number of ether oxygens (including phenoxy) is 1. The number of nitrogens with two attached hydrogens (primary N) is 1. The lowest BCUT2D eigenvalue weighted by atomic mass is 9.99. The zero-order valence-corrected chi connectivity index (χ0v) is 14.9. The van der Waals surface area contributed by atoms with Crippen LogP contribution in [0.1, 0.15) is 15.9 Å². The van der Waals surface area contributed by atoms with E-state index in [2.05, 4.69) is 0 Å². The second kappa shape index (κ2) is 6.42. The van der Waals surface area contributed by atoms with E-state index < -0.39 is 30.7 Å². The maximum absolute atomic E-state index is 14.5. The van der Waals surface area contributed by atoms with Crippen molar-refractivity contribution in [2.45, 2.75) is 18.4 Å². The first-order valence-electron chi connectivity index (χ1n) is 8.43. The first kappa shape index (κ1) is 18.1. The van der Waals surface area contributed by atoms with Gasteiger partial charge in [0.05, 0.1) is 23.7 Å². The normalized spacial score (nSPS) is 20.0. The van der Waals surface area contributed by atoms with E-state index in [0.717, 1.165) is 10.5 Å². The number of carbonyl (C=O) groups is 1. The van der Waals surface area contributed by atoms with Crippen molar-refractivity contribution in [3.05, 3.63) is 52.3 Å². The van der Waals surface area contributed by atoms with Crippen molar-refractivity contribution in [1.82, 2.24) is 4.90 Å². The van der Waals surface area contributed by atoms with Gasteiger partial charge in [0.25, 0.3) is 11.8 Å². The predicted octanol–water partition coefficient (Wildman–Crippen LogP) is 3.50. The summed E-state index contributed by atoms with van der Waals surface area (Å²) < 4.78 is 46.0. The molecule has 2 aliphatic heterocycles. The van der Waals surface area contributed by atoms with Crippen LogP contribution in [0.2, 0.25) is 5.02 Å². The van der Waals surface area contributed by atoms with Crippen LogP contribution in [0.3, 0.4) is 0 Å². The SMILES string of the molecule is NCC1Cc2cc(-c3ccc(C(=O)N4CC(F)(F)C4)c(F)c3)cc(Cl)c2O1. The summed E-state index contributed by atoms with van der Waals surface area (Å²) in [5.74, 6) is -3.81. The second-order valence-electron chi connectivity index (χ2n) is 6.84. The molecule has 4 rings (SSSR count). The van der Waals surface area contributed by atoms with Crippen LogP contribution >= 0.6 is 11.6 Å². The third-order valence-electron chi connectivity index (χ3n) is 4.78. The zero-order chi connectivity index (χ0) is 19.3. The third kappa shape index (κ3) is 3.26. The van der Waals surface area contributed by atoms with Crippen LogP contribution in [0, 0.1) is 5.82 Å². The summed E-state index contributed by atoms with van der Waals surface area (Å²) in [7, 11) is 0. The van der Waals surface area contributed by atoms with Gasteiger partial charge in [0.1, 0.15) is 17.7 Å². The van der Waals surface area contributed by atoms with Gasteiger partial charge in [0.15, 0.2) is 0 Å². The molecule has 0 saturated carbocycles. The Labute approximate surface area is 158 Å². The molecular weight excluding hydrogens is 381 g/mol. The minimum Gasteiger partial charge on any atom is -0.487 e. The highest BCUT2D eigenvalue weighted by Gasteiger charge is 2.46. The summed E-state index contributed by atoms with van der Waals surface area (Å²) >= 11 is 6.27. The number of nitrogens with zero attached hydrogens (tertiary/aromatic N) is 1. The van der Waals surface area contributed by atoms with Crippen molar-refractivity contribution in [2.24, 2.45) is 5.73 Å². The lowest BCUT2D eigenvalue weighted by Crippen LogP contribution is -2.58. The molecule has 27 heavy (non-hydrogen) atoms. The zero-order valence-electron chi connectivity index (χ0n) is 14.1. The molecule has 2 aromatic rings. The average molecular weight is 397 g/mol. The smallest absolute Gasteiger partial charge is 0.282 e. The summed E-state index contributed by atoms with van der Waals surface area (Å²) in [4.78, 5) is 13.1. The van der Waals surface area contributed by atoms with Crippen LogP contribution in [0.5, 0.6) is 5.75 Å². The molecule has 1 atom stereocenters. The van der Waals surface area contributed by atoms with Gasteiger partial charge >= 0.3 is 0 Å². The molecule has 0 aliphatic carbocycles. The number of fused-ring (bicyclic) bond motifs is 1. The van der Waals surface area contributed by atoms with Gasteiger partial charge in [0.2, 0.25) is 0 Å². The third-order valence-corrected chi connectivity index (χ3v) is 5.06. The number of likely N-dealkylation sites (tertiary alicyclic amines) is 1. The molecule has 0 bridgehead atoms. The highest BCUT2D eigenvalue weighted by Crippen LogP contribution is 2.39. The molecule has 2 N–H and O–H groups in total. The van der Waals surface area contributed by atoms with Crippen molar-refractivity contribution in [2.75, 3.05) is 19.6 Å². The highest BCUT2D eigenvalue weighted by atomic mass is 35.5. The van der Waals surface area contributed by atoms with Crippen LogP contribution in [0.4, 0.5) is 13.2 Å². The summed E-state index contributed by atoms with van der Waals surface area (Å²) in [5, 5.41) is 0.404. The van der Waals surface area contributed by atoms with E-state index in [1.54, 1.807) is 12.1 Å². The van der Waals surface area contributed by atoms with E-state index in [1.807, 2.05) is 6.07 Å². The van der Waals surface area contributed by atoms with Gasteiger partial charge < -0.3 is 15.4 Å². The molecule has 0 radical (unpaired) electrons. The Balaban J connectivity index is 1.60. The molecule has 1 saturated heterocycles. The van der Waals surface area contributed by atoms with Crippen LogP contribution < -0.4 is 10.5 Å². The lowest BCUT2D eigenvalue weighted by molar-refractivity contribution is -0.113. The molecule has 2 aliphatic rings. The first-order valence-corrected chi connectivity index (χ1v) is 8.81. The first-order chi connectivity index (χ1) is 12.8. The molecule has 1 amide bonds. The quantitative estimate of drug-likeness (QED) is 0.864. The Bertz CT molecular complexity index is 927. The number of hydrogen-bond acceptors (Lipinski definition) is 3. The van der Waals surface area contributed by atoms with Crippen LogP contribution in [0.25, 0.3) is 11.1 Å². The standard InChI is InChI=1S/C19H16ClF3N2O2/c20-15-5-11(3-12-4-13(7-24)27-17(12)15)10-1-2-14(16(21)6-10)18(26)25-8-19(22,23)9-25/h1-3,5-6,13H,4,7-9,24H2. The average Bonchev–Trinajstić information content (AvgIpc) is 3.03. The van der Waals surface area contributed by atoms with Gasteiger partial charge in [0, 0.05) is 18.5 Å². The number of amides is 1. The fourth-order valence-electron chi connectivity index (χ4n) is 3.38. The van der Waals surface area contributed by atoms with E-state index in [0.29, 0.717) is 34.9 Å². The van der Waals surface area contributed by atoms with Gasteiger partial charge in [-0.25, -0.2) is 13.2 Å². The summed E-state index contributed by atoms with van der Waals surface area (Å²) in [6, 6.07) is 7.60. The van der Waals surface area contributed by atoms with Crippen molar-refractivity contribution in [1.29, 1.82) is 0 Å². The number of alkyl halides is 2. The fourth-order valence-corrected chi connectivity index (χ4v) is 3.66. The minimum absolute atomic E-state index is 0.140. The number of hydrogen-bond donors (Lipinski definition) is 1. The molecule has 0 aromatic heterocycles. The number of rotatable bonds is 3. The lowest BCUT2D eigenvalue weighted by Gasteiger charge is -2.38. The van der Waals surface area contributed by atoms with Gasteiger partial charge in [-0.05, 0) is 35.4 Å². The molecule has 2 heterocycles. The highest BCUT2D eigenvalue weighted by molar-refractivity contribution is 6.32. The summed E-state index contributed by atoms with van der Waals surface area (Å²) in [6.45, 7) is -1.01. The molecule has 1 unspecified atom stereocenters. The Morgan fingerprint density at radius 1 is 1.26 bits per heavy atom. The maximum atomic E-state index is 14.5. The van der Waals surface area contributed by atoms with Crippen molar-refractivity contribution in [3.8, 4) is 16.9 Å². The maximum Gasteiger partial charge on any atom is 0.282 e. The van der Waals surface area contributed by atoms with E-state index in [4.69, 9.17) is 22.1 Å². The second-order valence-corrected chi connectivity index (χ2v) is 7.24. The van der Waals surface area contributed by atoms with Crippen molar-refractivity contribution < 1.29 is 22.7 Å². The largest absolute Gasteiger partial charge is 0.487 e. The van der Waals surface area contributed by atoms with Gasteiger partial charge in [-0.2, -0.15) is 0 Å². The van der Waals surface area contributed by atoms with Gasteiger partial charge in [-0.3, -0.25) is 4.79 Å². The molecule has 0 spiro atoms. The van der Waals surface area contributed by atoms with Gasteiger partial charge in [-0.15, -0.1) is 0 Å². The number of benzene rings is 2. The van der Waals surface area contributed by atoms with E-state index in [9.17, 15) is 18.0 Å². The molecule has 1 fully saturated rings. The van der Waals surface area contributed by atoms with Gasteiger partial charge in [-0.1, -0.05) is 17.7 Å². The molecule has 142 valence electrons. The van der Waals surface area contributed by atoms with E-state index >= 15 is 0 Å². The summed E-state index contributed by atoms with van der Waals surface area (Å²) in [5.41, 5.74) is 7.49. The van der Waals surface area contributed by atoms with Crippen LogP contribution in [0.15, 0.2) is 30.3 Å².